The third kappa shape index (κ3) is 2.48. The van der Waals surface area contributed by atoms with Gasteiger partial charge in [0, 0.05) is 19.6 Å². The molecule has 1 heterocycles. The van der Waals surface area contributed by atoms with Crippen LogP contribution in [0.4, 0.5) is 0 Å². The second-order valence-electron chi connectivity index (χ2n) is 5.38. The van der Waals surface area contributed by atoms with Crippen LogP contribution in [0.1, 0.15) is 35.4 Å². The molecule has 98 valence electrons. The number of benzene rings is 1. The van der Waals surface area contributed by atoms with Gasteiger partial charge in [0.25, 0.3) is 0 Å². The van der Waals surface area contributed by atoms with Crippen LogP contribution < -0.4 is 0 Å². The topological polar surface area (TPSA) is 3.24 Å². The van der Waals surface area contributed by atoms with Crippen molar-refractivity contribution in [2.75, 3.05) is 19.6 Å². The Morgan fingerprint density at radius 3 is 2.83 bits per heavy atom. The summed E-state index contributed by atoms with van der Waals surface area (Å²) in [5.41, 5.74) is 4.93. The van der Waals surface area contributed by atoms with E-state index in [1.807, 2.05) is 6.08 Å². The van der Waals surface area contributed by atoms with E-state index >= 15 is 0 Å². The normalized spacial score (nSPS) is 22.6. The van der Waals surface area contributed by atoms with Crippen LogP contribution in [-0.4, -0.2) is 24.5 Å². The number of rotatable bonds is 2. The molecular weight excluding hydrogens is 242 g/mol. The molecule has 0 aromatic heterocycles. The van der Waals surface area contributed by atoms with E-state index in [2.05, 4.69) is 29.7 Å². The molecule has 1 atom stereocenters. The molecule has 0 saturated carbocycles. The van der Waals surface area contributed by atoms with E-state index in [0.717, 1.165) is 12.5 Å². The van der Waals surface area contributed by atoms with Gasteiger partial charge in [0.1, 0.15) is 0 Å². The summed E-state index contributed by atoms with van der Waals surface area (Å²) in [6, 6.07) is 6.93. The number of hydrogen-bond acceptors (Lipinski definition) is 1. The summed E-state index contributed by atoms with van der Waals surface area (Å²) >= 11 is 0. The predicted molar refractivity (Wildman–Crippen MR) is 79.7 cm³/mol. The Bertz CT molecular complexity index is 427. The van der Waals surface area contributed by atoms with Crippen molar-refractivity contribution in [3.8, 4) is 0 Å². The molecule has 0 bridgehead atoms. The minimum absolute atomic E-state index is 0. The molecule has 1 unspecified atom stereocenters. The van der Waals surface area contributed by atoms with E-state index < -0.39 is 0 Å². The molecule has 1 aliphatic heterocycles. The van der Waals surface area contributed by atoms with Crippen LogP contribution in [0.25, 0.3) is 0 Å². The summed E-state index contributed by atoms with van der Waals surface area (Å²) in [7, 11) is 0. The SMILES string of the molecule is C=CCN1CCc2cccc3c2C(CCC3)C1.Cl. The van der Waals surface area contributed by atoms with Gasteiger partial charge in [-0.3, -0.25) is 4.90 Å². The molecule has 0 fully saturated rings. The zero-order chi connectivity index (χ0) is 11.7. The van der Waals surface area contributed by atoms with Gasteiger partial charge in [-0.15, -0.1) is 19.0 Å². The first-order valence-electron chi connectivity index (χ1n) is 6.82. The van der Waals surface area contributed by atoms with Crippen LogP contribution in [0.5, 0.6) is 0 Å². The highest BCUT2D eigenvalue weighted by atomic mass is 35.5. The lowest BCUT2D eigenvalue weighted by Crippen LogP contribution is -2.29. The predicted octanol–water partition coefficient (Wildman–Crippen LogP) is 3.57. The Morgan fingerprint density at radius 2 is 2.06 bits per heavy atom. The lowest BCUT2D eigenvalue weighted by atomic mass is 9.80. The smallest absolute Gasteiger partial charge is 0.0160 e. The largest absolute Gasteiger partial charge is 0.299 e. The van der Waals surface area contributed by atoms with Crippen molar-refractivity contribution >= 4 is 12.4 Å². The van der Waals surface area contributed by atoms with E-state index in [9.17, 15) is 0 Å². The van der Waals surface area contributed by atoms with Gasteiger partial charge in [-0.25, -0.2) is 0 Å². The number of hydrogen-bond donors (Lipinski definition) is 0. The number of nitrogens with zero attached hydrogens (tertiary/aromatic N) is 1. The summed E-state index contributed by atoms with van der Waals surface area (Å²) in [6.45, 7) is 7.34. The maximum Gasteiger partial charge on any atom is 0.0160 e. The zero-order valence-electron chi connectivity index (χ0n) is 10.9. The molecule has 0 N–H and O–H groups in total. The van der Waals surface area contributed by atoms with E-state index in [1.54, 1.807) is 16.7 Å². The van der Waals surface area contributed by atoms with Gasteiger partial charge in [0.05, 0.1) is 0 Å². The first-order chi connectivity index (χ1) is 8.38. The molecule has 1 nitrogen and oxygen atoms in total. The quantitative estimate of drug-likeness (QED) is 0.738. The summed E-state index contributed by atoms with van der Waals surface area (Å²) in [5.74, 6) is 0.775. The maximum atomic E-state index is 3.88. The molecule has 0 spiro atoms. The third-order valence-corrected chi connectivity index (χ3v) is 4.26. The van der Waals surface area contributed by atoms with Crippen LogP contribution >= 0.6 is 12.4 Å². The summed E-state index contributed by atoms with van der Waals surface area (Å²) in [5, 5.41) is 0. The lowest BCUT2D eigenvalue weighted by Gasteiger charge is -2.28. The van der Waals surface area contributed by atoms with E-state index in [4.69, 9.17) is 0 Å². The minimum atomic E-state index is 0. The van der Waals surface area contributed by atoms with Crippen molar-refractivity contribution in [2.45, 2.75) is 31.6 Å². The minimum Gasteiger partial charge on any atom is -0.299 e. The summed E-state index contributed by atoms with van der Waals surface area (Å²) in [6.07, 6.45) is 7.29. The molecule has 1 aromatic rings. The standard InChI is InChI=1S/C16H21N.ClH/c1-2-10-17-11-9-14-7-3-5-13-6-4-8-15(12-17)16(13)14;/h2-3,5,7,15H,1,4,6,8-12H2;1H. The highest BCUT2D eigenvalue weighted by molar-refractivity contribution is 5.85. The Morgan fingerprint density at radius 1 is 1.28 bits per heavy atom. The fourth-order valence-corrected chi connectivity index (χ4v) is 3.52. The fraction of sp³-hybridized carbons (Fsp3) is 0.500. The molecule has 2 aliphatic rings. The Kier molecular flexibility index (Phi) is 4.47. The highest BCUT2D eigenvalue weighted by Crippen LogP contribution is 2.36. The average molecular weight is 264 g/mol. The van der Waals surface area contributed by atoms with Gasteiger partial charge in [-0.2, -0.15) is 0 Å². The van der Waals surface area contributed by atoms with Gasteiger partial charge in [-0.1, -0.05) is 24.3 Å². The highest BCUT2D eigenvalue weighted by Gasteiger charge is 2.27. The first kappa shape index (κ1) is 13.6. The second kappa shape index (κ2) is 5.90. The lowest BCUT2D eigenvalue weighted by molar-refractivity contribution is 0.286. The molecule has 2 heteroatoms. The Labute approximate surface area is 116 Å². The van der Waals surface area contributed by atoms with Gasteiger partial charge in [0.2, 0.25) is 0 Å². The van der Waals surface area contributed by atoms with E-state index in [1.165, 1.54) is 38.8 Å². The molecule has 0 saturated heterocycles. The summed E-state index contributed by atoms with van der Waals surface area (Å²) in [4.78, 5) is 2.56. The van der Waals surface area contributed by atoms with E-state index in [-0.39, 0.29) is 12.4 Å². The summed E-state index contributed by atoms with van der Waals surface area (Å²) < 4.78 is 0. The van der Waals surface area contributed by atoms with Crippen molar-refractivity contribution in [1.29, 1.82) is 0 Å². The van der Waals surface area contributed by atoms with Gasteiger partial charge < -0.3 is 0 Å². The molecule has 18 heavy (non-hydrogen) atoms. The fourth-order valence-electron chi connectivity index (χ4n) is 3.52. The Balaban J connectivity index is 0.00000120. The van der Waals surface area contributed by atoms with Gasteiger partial charge in [0.15, 0.2) is 0 Å². The van der Waals surface area contributed by atoms with Crippen LogP contribution in [0.2, 0.25) is 0 Å². The Hall–Kier alpha value is -0.790. The van der Waals surface area contributed by atoms with Crippen LogP contribution in [-0.2, 0) is 12.8 Å². The van der Waals surface area contributed by atoms with Crippen molar-refractivity contribution in [3.63, 3.8) is 0 Å². The number of aryl methyl sites for hydroxylation is 1. The van der Waals surface area contributed by atoms with Gasteiger partial charge >= 0.3 is 0 Å². The average Bonchev–Trinajstić information content (AvgIpc) is 2.53. The zero-order valence-corrected chi connectivity index (χ0v) is 11.7. The molecule has 0 amide bonds. The monoisotopic (exact) mass is 263 g/mol. The molecule has 0 radical (unpaired) electrons. The maximum absolute atomic E-state index is 3.88. The van der Waals surface area contributed by atoms with Crippen molar-refractivity contribution in [2.24, 2.45) is 0 Å². The van der Waals surface area contributed by atoms with E-state index in [0.29, 0.717) is 0 Å². The van der Waals surface area contributed by atoms with Crippen molar-refractivity contribution in [3.05, 3.63) is 47.5 Å². The van der Waals surface area contributed by atoms with Crippen molar-refractivity contribution < 1.29 is 0 Å². The first-order valence-corrected chi connectivity index (χ1v) is 6.82. The molecule has 1 aliphatic carbocycles. The van der Waals surface area contributed by atoms with Gasteiger partial charge in [-0.05, 0) is 48.3 Å². The second-order valence-corrected chi connectivity index (χ2v) is 5.38. The van der Waals surface area contributed by atoms with Crippen LogP contribution in [0, 0.1) is 0 Å². The number of halogens is 1. The molecule has 1 aromatic carbocycles. The van der Waals surface area contributed by atoms with Crippen LogP contribution in [0.3, 0.4) is 0 Å². The third-order valence-electron chi connectivity index (χ3n) is 4.26. The van der Waals surface area contributed by atoms with Crippen molar-refractivity contribution in [1.82, 2.24) is 4.90 Å². The molecule has 3 rings (SSSR count). The molecular formula is C16H22ClN. The van der Waals surface area contributed by atoms with Crippen LogP contribution in [0.15, 0.2) is 30.9 Å².